The molecule has 0 amide bonds. The SMILES string of the molecule is CCN(CCNCc1ccc(C2CC2C)o1)C1CC1. The molecule has 2 aliphatic rings. The summed E-state index contributed by atoms with van der Waals surface area (Å²) in [4.78, 5) is 2.58. The van der Waals surface area contributed by atoms with Crippen molar-refractivity contribution < 1.29 is 4.42 Å². The Morgan fingerprint density at radius 1 is 1.37 bits per heavy atom. The lowest BCUT2D eigenvalue weighted by Crippen LogP contribution is -2.33. The van der Waals surface area contributed by atoms with Crippen LogP contribution in [-0.4, -0.2) is 30.6 Å². The summed E-state index contributed by atoms with van der Waals surface area (Å²) >= 11 is 0. The van der Waals surface area contributed by atoms with Crippen LogP contribution in [0.3, 0.4) is 0 Å². The van der Waals surface area contributed by atoms with Gasteiger partial charge in [0.2, 0.25) is 0 Å². The van der Waals surface area contributed by atoms with Crippen molar-refractivity contribution in [3.63, 3.8) is 0 Å². The normalized spacial score (nSPS) is 26.1. The van der Waals surface area contributed by atoms with Crippen LogP contribution in [0.2, 0.25) is 0 Å². The van der Waals surface area contributed by atoms with Crippen molar-refractivity contribution in [1.82, 2.24) is 10.2 Å². The molecule has 2 fully saturated rings. The molecular weight excluding hydrogens is 236 g/mol. The standard InChI is InChI=1S/C16H26N2O/c1-3-18(13-4-5-13)9-8-17-11-14-6-7-16(19-14)15-10-12(15)2/h6-7,12-13,15,17H,3-5,8-11H2,1-2H3. The van der Waals surface area contributed by atoms with E-state index in [2.05, 4.69) is 36.2 Å². The van der Waals surface area contributed by atoms with E-state index in [4.69, 9.17) is 4.42 Å². The summed E-state index contributed by atoms with van der Waals surface area (Å²) in [5.74, 6) is 3.80. The molecule has 0 aromatic carbocycles. The quantitative estimate of drug-likeness (QED) is 0.730. The van der Waals surface area contributed by atoms with Crippen molar-refractivity contribution >= 4 is 0 Å². The smallest absolute Gasteiger partial charge is 0.117 e. The largest absolute Gasteiger partial charge is 0.464 e. The molecule has 1 aromatic heterocycles. The zero-order valence-corrected chi connectivity index (χ0v) is 12.2. The molecular formula is C16H26N2O. The number of furan rings is 1. The van der Waals surface area contributed by atoms with Crippen LogP contribution in [0, 0.1) is 5.92 Å². The van der Waals surface area contributed by atoms with Gasteiger partial charge in [0.15, 0.2) is 0 Å². The molecule has 0 bridgehead atoms. The van der Waals surface area contributed by atoms with Crippen LogP contribution in [0.5, 0.6) is 0 Å². The highest BCUT2D eigenvalue weighted by Crippen LogP contribution is 2.47. The fourth-order valence-corrected chi connectivity index (χ4v) is 2.88. The summed E-state index contributed by atoms with van der Waals surface area (Å²) in [6, 6.07) is 5.16. The third-order valence-corrected chi connectivity index (χ3v) is 4.50. The first kappa shape index (κ1) is 13.2. The first-order chi connectivity index (χ1) is 9.28. The molecule has 2 saturated carbocycles. The van der Waals surface area contributed by atoms with E-state index in [-0.39, 0.29) is 0 Å². The first-order valence-electron chi connectivity index (χ1n) is 7.81. The summed E-state index contributed by atoms with van der Waals surface area (Å²) in [6.45, 7) is 8.81. The van der Waals surface area contributed by atoms with Crippen LogP contribution in [0.15, 0.2) is 16.5 Å². The number of hydrogen-bond donors (Lipinski definition) is 1. The summed E-state index contributed by atoms with van der Waals surface area (Å²) in [6.07, 6.45) is 4.09. The summed E-state index contributed by atoms with van der Waals surface area (Å²) in [5.41, 5.74) is 0. The highest BCUT2D eigenvalue weighted by Gasteiger charge is 2.36. The number of rotatable bonds is 8. The number of nitrogens with one attached hydrogen (secondary N) is 1. The Morgan fingerprint density at radius 2 is 2.16 bits per heavy atom. The summed E-state index contributed by atoms with van der Waals surface area (Å²) in [7, 11) is 0. The van der Waals surface area contributed by atoms with Crippen molar-refractivity contribution in [3.8, 4) is 0 Å². The van der Waals surface area contributed by atoms with E-state index in [9.17, 15) is 0 Å². The third-order valence-electron chi connectivity index (χ3n) is 4.50. The molecule has 0 spiro atoms. The fourth-order valence-electron chi connectivity index (χ4n) is 2.88. The van der Waals surface area contributed by atoms with Gasteiger partial charge in [0.1, 0.15) is 11.5 Å². The lowest BCUT2D eigenvalue weighted by atomic mass is 10.3. The minimum Gasteiger partial charge on any atom is -0.464 e. The Kier molecular flexibility index (Phi) is 3.94. The van der Waals surface area contributed by atoms with E-state index in [1.807, 2.05) is 0 Å². The maximum atomic E-state index is 5.90. The topological polar surface area (TPSA) is 28.4 Å². The molecule has 106 valence electrons. The Bertz CT molecular complexity index is 411. The van der Waals surface area contributed by atoms with Crippen LogP contribution in [0.25, 0.3) is 0 Å². The van der Waals surface area contributed by atoms with E-state index in [0.29, 0.717) is 5.92 Å². The molecule has 2 atom stereocenters. The maximum Gasteiger partial charge on any atom is 0.117 e. The van der Waals surface area contributed by atoms with Gasteiger partial charge in [0.05, 0.1) is 6.54 Å². The van der Waals surface area contributed by atoms with E-state index in [1.54, 1.807) is 0 Å². The van der Waals surface area contributed by atoms with Gasteiger partial charge in [-0.05, 0) is 43.9 Å². The van der Waals surface area contributed by atoms with Gasteiger partial charge in [0.25, 0.3) is 0 Å². The van der Waals surface area contributed by atoms with Gasteiger partial charge in [-0.3, -0.25) is 4.90 Å². The van der Waals surface area contributed by atoms with Gasteiger partial charge in [-0.25, -0.2) is 0 Å². The van der Waals surface area contributed by atoms with Crippen molar-refractivity contribution in [2.24, 2.45) is 5.92 Å². The first-order valence-corrected chi connectivity index (χ1v) is 7.81. The Labute approximate surface area is 116 Å². The van der Waals surface area contributed by atoms with Crippen molar-refractivity contribution in [2.75, 3.05) is 19.6 Å². The molecule has 2 aliphatic carbocycles. The predicted octanol–water partition coefficient (Wildman–Crippen LogP) is 2.98. The summed E-state index contributed by atoms with van der Waals surface area (Å²) < 4.78 is 5.90. The lowest BCUT2D eigenvalue weighted by molar-refractivity contribution is 0.275. The van der Waals surface area contributed by atoms with Crippen molar-refractivity contribution in [2.45, 2.75) is 51.6 Å². The second-order valence-corrected chi connectivity index (χ2v) is 6.16. The van der Waals surface area contributed by atoms with E-state index >= 15 is 0 Å². The van der Waals surface area contributed by atoms with Crippen LogP contribution in [0.4, 0.5) is 0 Å². The number of hydrogen-bond acceptors (Lipinski definition) is 3. The predicted molar refractivity (Wildman–Crippen MR) is 77.2 cm³/mol. The van der Waals surface area contributed by atoms with Crippen LogP contribution in [0.1, 0.15) is 50.5 Å². The number of likely N-dealkylation sites (N-methyl/N-ethyl adjacent to an activating group) is 1. The number of nitrogens with zero attached hydrogens (tertiary/aromatic N) is 1. The van der Waals surface area contributed by atoms with Gasteiger partial charge >= 0.3 is 0 Å². The van der Waals surface area contributed by atoms with E-state index in [0.717, 1.165) is 37.4 Å². The second kappa shape index (κ2) is 5.68. The molecule has 1 aromatic rings. The highest BCUT2D eigenvalue weighted by atomic mass is 16.3. The molecule has 3 nitrogen and oxygen atoms in total. The zero-order valence-electron chi connectivity index (χ0n) is 12.2. The van der Waals surface area contributed by atoms with Gasteiger partial charge in [-0.15, -0.1) is 0 Å². The van der Waals surface area contributed by atoms with Crippen molar-refractivity contribution in [3.05, 3.63) is 23.7 Å². The molecule has 1 N–H and O–H groups in total. The Hall–Kier alpha value is -0.800. The minimum absolute atomic E-state index is 0.694. The fraction of sp³-hybridized carbons (Fsp3) is 0.750. The average molecular weight is 262 g/mol. The van der Waals surface area contributed by atoms with Gasteiger partial charge in [0, 0.05) is 25.0 Å². The average Bonchev–Trinajstić information content (AvgIpc) is 3.32. The molecule has 19 heavy (non-hydrogen) atoms. The monoisotopic (exact) mass is 262 g/mol. The van der Waals surface area contributed by atoms with Crippen molar-refractivity contribution in [1.29, 1.82) is 0 Å². The Balaban J connectivity index is 1.36. The minimum atomic E-state index is 0.694. The van der Waals surface area contributed by atoms with Crippen LogP contribution in [-0.2, 0) is 6.54 Å². The van der Waals surface area contributed by atoms with Crippen LogP contribution >= 0.6 is 0 Å². The molecule has 3 rings (SSSR count). The molecule has 3 heteroatoms. The molecule has 1 heterocycles. The molecule has 2 unspecified atom stereocenters. The Morgan fingerprint density at radius 3 is 2.79 bits per heavy atom. The third kappa shape index (κ3) is 3.40. The zero-order chi connectivity index (χ0) is 13.2. The highest BCUT2D eigenvalue weighted by molar-refractivity contribution is 5.17. The molecule has 0 saturated heterocycles. The summed E-state index contributed by atoms with van der Waals surface area (Å²) in [5, 5.41) is 3.50. The molecule has 0 aliphatic heterocycles. The lowest BCUT2D eigenvalue weighted by Gasteiger charge is -2.19. The molecule has 0 radical (unpaired) electrons. The van der Waals surface area contributed by atoms with Gasteiger partial charge in [-0.1, -0.05) is 13.8 Å². The van der Waals surface area contributed by atoms with Crippen LogP contribution < -0.4 is 5.32 Å². The van der Waals surface area contributed by atoms with E-state index in [1.165, 1.54) is 31.6 Å². The van der Waals surface area contributed by atoms with Gasteiger partial charge in [-0.2, -0.15) is 0 Å². The van der Waals surface area contributed by atoms with Gasteiger partial charge < -0.3 is 9.73 Å². The second-order valence-electron chi connectivity index (χ2n) is 6.16. The maximum absolute atomic E-state index is 5.90. The van der Waals surface area contributed by atoms with E-state index < -0.39 is 0 Å².